The standard InChI is InChI=1S/C29H49BO3Si2/c1-20(30-31-25-19-22-18-24(28(22,6)7)29(25,8)33-30)26(21(2)32-35(11,12)27(3,4)5)34(9,10)23-16-14-13-15-17-23/h13-17,21-22,24-26H,1,18-19H2,2-12H3/t21-,22+,24+,25-,26+,29+/m0/s1. The average molecular weight is 513 g/mol. The molecule has 194 valence electrons. The van der Waals surface area contributed by atoms with E-state index < -0.39 is 16.4 Å². The summed E-state index contributed by atoms with van der Waals surface area (Å²) in [4.78, 5) is 0. The fourth-order valence-corrected chi connectivity index (χ4v) is 12.6. The number of benzene rings is 1. The van der Waals surface area contributed by atoms with Crippen molar-refractivity contribution in [1.82, 2.24) is 0 Å². The topological polar surface area (TPSA) is 27.7 Å². The summed E-state index contributed by atoms with van der Waals surface area (Å²) in [6, 6.07) is 11.0. The van der Waals surface area contributed by atoms with Gasteiger partial charge < -0.3 is 13.7 Å². The van der Waals surface area contributed by atoms with Crippen molar-refractivity contribution < 1.29 is 13.7 Å². The Hall–Kier alpha value is -0.661. The first kappa shape index (κ1) is 27.4. The van der Waals surface area contributed by atoms with E-state index >= 15 is 0 Å². The zero-order valence-corrected chi connectivity index (χ0v) is 26.2. The van der Waals surface area contributed by atoms with E-state index in [9.17, 15) is 0 Å². The van der Waals surface area contributed by atoms with Crippen LogP contribution in [-0.4, -0.2) is 41.3 Å². The van der Waals surface area contributed by atoms with Crippen LogP contribution in [0.5, 0.6) is 0 Å². The molecule has 4 fully saturated rings. The SMILES string of the molecule is C=C(B1O[C@H]2C[C@H]3C[C@H](C3(C)C)[C@@]2(C)O1)[C@H]([C@H](C)O[Si](C)(C)C(C)(C)C)[Si](C)(C)c1ccccc1. The first-order chi connectivity index (χ1) is 15.9. The van der Waals surface area contributed by atoms with Crippen molar-refractivity contribution in [2.45, 2.75) is 116 Å². The van der Waals surface area contributed by atoms with Crippen LogP contribution < -0.4 is 5.19 Å². The minimum absolute atomic E-state index is 0.0537. The smallest absolute Gasteiger partial charge is 0.414 e. The molecule has 3 saturated carbocycles. The Labute approximate surface area is 217 Å². The highest BCUT2D eigenvalue weighted by Crippen LogP contribution is 2.66. The maximum Gasteiger partial charge on any atom is 0.489 e. The normalized spacial score (nSPS) is 32.0. The van der Waals surface area contributed by atoms with Gasteiger partial charge in [0.25, 0.3) is 0 Å². The molecular weight excluding hydrogens is 463 g/mol. The van der Waals surface area contributed by atoms with Crippen LogP contribution in [0.2, 0.25) is 36.8 Å². The van der Waals surface area contributed by atoms with Gasteiger partial charge in [-0.25, -0.2) is 0 Å². The predicted octanol–water partition coefficient (Wildman–Crippen LogP) is 7.21. The zero-order chi connectivity index (χ0) is 26.2. The third-order valence-corrected chi connectivity index (χ3v) is 19.5. The highest BCUT2D eigenvalue weighted by atomic mass is 28.4. The molecule has 0 aromatic heterocycles. The zero-order valence-electron chi connectivity index (χ0n) is 24.2. The maximum atomic E-state index is 7.06. The summed E-state index contributed by atoms with van der Waals surface area (Å²) < 4.78 is 20.7. The van der Waals surface area contributed by atoms with Crippen molar-refractivity contribution in [3.05, 3.63) is 42.4 Å². The van der Waals surface area contributed by atoms with Crippen LogP contribution in [0.25, 0.3) is 0 Å². The highest BCUT2D eigenvalue weighted by molar-refractivity contribution is 6.92. The van der Waals surface area contributed by atoms with Crippen LogP contribution in [0.1, 0.15) is 61.3 Å². The molecule has 1 heterocycles. The van der Waals surface area contributed by atoms with Crippen LogP contribution in [0.4, 0.5) is 0 Å². The molecule has 6 heteroatoms. The summed E-state index contributed by atoms with van der Waals surface area (Å²) in [5, 5.41) is 1.59. The molecule has 3 nitrogen and oxygen atoms in total. The third kappa shape index (κ3) is 4.39. The monoisotopic (exact) mass is 512 g/mol. The highest BCUT2D eigenvalue weighted by Gasteiger charge is 2.68. The van der Waals surface area contributed by atoms with Gasteiger partial charge in [-0.15, -0.1) is 6.58 Å². The van der Waals surface area contributed by atoms with Crippen molar-refractivity contribution >= 4 is 28.7 Å². The minimum atomic E-state index is -2.03. The Morgan fingerprint density at radius 1 is 1.09 bits per heavy atom. The molecule has 1 aromatic carbocycles. The minimum Gasteiger partial charge on any atom is -0.414 e. The quantitative estimate of drug-likeness (QED) is 0.362. The molecule has 1 aromatic rings. The molecular formula is C29H49BO3Si2. The Balaban J connectivity index is 1.66. The van der Waals surface area contributed by atoms with Crippen molar-refractivity contribution in [3.63, 3.8) is 0 Å². The first-order valence-electron chi connectivity index (χ1n) is 13.7. The van der Waals surface area contributed by atoms with Gasteiger partial charge in [0.05, 0.1) is 19.8 Å². The lowest BCUT2D eigenvalue weighted by Crippen LogP contribution is -2.65. The summed E-state index contributed by atoms with van der Waals surface area (Å²) >= 11 is 0. The number of hydrogen-bond donors (Lipinski definition) is 0. The lowest BCUT2D eigenvalue weighted by Gasteiger charge is -2.64. The van der Waals surface area contributed by atoms with E-state index in [2.05, 4.69) is 105 Å². The Morgan fingerprint density at radius 2 is 1.69 bits per heavy atom. The van der Waals surface area contributed by atoms with Gasteiger partial charge in [-0.05, 0) is 67.5 Å². The molecule has 1 saturated heterocycles. The Kier molecular flexibility index (Phi) is 6.80. The molecule has 6 atom stereocenters. The third-order valence-electron chi connectivity index (χ3n) is 10.7. The maximum absolute atomic E-state index is 7.06. The fourth-order valence-electron chi connectivity index (χ4n) is 7.28. The average Bonchev–Trinajstić information content (AvgIpc) is 3.10. The van der Waals surface area contributed by atoms with Crippen LogP contribution in [-0.2, 0) is 13.7 Å². The van der Waals surface area contributed by atoms with Gasteiger partial charge >= 0.3 is 7.12 Å². The Bertz CT molecular complexity index is 954. The van der Waals surface area contributed by atoms with E-state index in [0.717, 1.165) is 17.8 Å². The van der Waals surface area contributed by atoms with Gasteiger partial charge in [0.2, 0.25) is 0 Å². The van der Waals surface area contributed by atoms with E-state index in [1.165, 1.54) is 11.6 Å². The fraction of sp³-hybridized carbons (Fsp3) is 0.724. The molecule has 4 aliphatic rings. The molecule has 0 radical (unpaired) electrons. The Morgan fingerprint density at radius 3 is 2.23 bits per heavy atom. The lowest BCUT2D eigenvalue weighted by atomic mass is 9.43. The lowest BCUT2D eigenvalue weighted by molar-refractivity contribution is -0.199. The summed E-state index contributed by atoms with van der Waals surface area (Å²) in [5.74, 6) is 1.29. The molecule has 1 aliphatic heterocycles. The van der Waals surface area contributed by atoms with Gasteiger partial charge in [0.1, 0.15) is 0 Å². The molecule has 0 spiro atoms. The summed E-state index contributed by atoms with van der Waals surface area (Å²) in [7, 11) is -4.35. The van der Waals surface area contributed by atoms with Crippen LogP contribution in [0, 0.1) is 17.3 Å². The van der Waals surface area contributed by atoms with Crippen molar-refractivity contribution in [2.24, 2.45) is 17.3 Å². The molecule has 2 bridgehead atoms. The molecule has 0 unspecified atom stereocenters. The second-order valence-corrected chi connectivity index (χ2v) is 23.9. The second kappa shape index (κ2) is 8.69. The summed E-state index contributed by atoms with van der Waals surface area (Å²) in [6.45, 7) is 30.7. The van der Waals surface area contributed by atoms with Gasteiger partial charge in [0, 0.05) is 11.6 Å². The van der Waals surface area contributed by atoms with Gasteiger partial charge in [0.15, 0.2) is 8.32 Å². The van der Waals surface area contributed by atoms with E-state index in [4.69, 9.17) is 20.3 Å². The molecule has 3 aliphatic carbocycles. The van der Waals surface area contributed by atoms with Crippen molar-refractivity contribution in [3.8, 4) is 0 Å². The molecule has 0 N–H and O–H groups in total. The van der Waals surface area contributed by atoms with Gasteiger partial charge in [-0.3, -0.25) is 0 Å². The van der Waals surface area contributed by atoms with Crippen LogP contribution in [0.15, 0.2) is 42.4 Å². The van der Waals surface area contributed by atoms with E-state index in [1.54, 1.807) is 0 Å². The van der Waals surface area contributed by atoms with E-state index in [0.29, 0.717) is 11.3 Å². The molecule has 5 rings (SSSR count). The summed E-state index contributed by atoms with van der Waals surface area (Å²) in [6.07, 6.45) is 2.59. The van der Waals surface area contributed by atoms with Crippen LogP contribution in [0.3, 0.4) is 0 Å². The number of rotatable bonds is 7. The van der Waals surface area contributed by atoms with Crippen molar-refractivity contribution in [1.29, 1.82) is 0 Å². The number of hydrogen-bond acceptors (Lipinski definition) is 3. The second-order valence-electron chi connectivity index (χ2n) is 14.5. The van der Waals surface area contributed by atoms with Crippen LogP contribution >= 0.6 is 0 Å². The van der Waals surface area contributed by atoms with E-state index in [-0.39, 0.29) is 35.5 Å². The van der Waals surface area contributed by atoms with Gasteiger partial charge in [-0.1, -0.05) is 83.2 Å². The molecule has 35 heavy (non-hydrogen) atoms. The predicted molar refractivity (Wildman–Crippen MR) is 154 cm³/mol. The van der Waals surface area contributed by atoms with Crippen molar-refractivity contribution in [2.75, 3.05) is 0 Å². The first-order valence-corrected chi connectivity index (χ1v) is 19.7. The molecule has 0 amide bonds. The summed E-state index contributed by atoms with van der Waals surface area (Å²) in [5.41, 5.74) is 1.39. The largest absolute Gasteiger partial charge is 0.489 e. The van der Waals surface area contributed by atoms with Gasteiger partial charge in [-0.2, -0.15) is 0 Å². The van der Waals surface area contributed by atoms with E-state index in [1.807, 2.05) is 0 Å².